The summed E-state index contributed by atoms with van der Waals surface area (Å²) in [6.45, 7) is -1.07. The Morgan fingerprint density at radius 3 is 2.37 bits per heavy atom. The number of sulfonamides is 1. The van der Waals surface area contributed by atoms with Crippen molar-refractivity contribution in [2.24, 2.45) is 13.0 Å². The molecule has 14 nitrogen and oxygen atoms in total. The number of nitrogens with one attached hydrogen (secondary N) is 2. The number of nitrogens with zero attached hydrogens (tertiary/aromatic N) is 9. The molecule has 1 fully saturated rings. The molecular weight excluding hydrogens is 880 g/mol. The van der Waals surface area contributed by atoms with E-state index in [-0.39, 0.29) is 42.0 Å². The molecule has 0 aliphatic heterocycles. The Labute approximate surface area is 357 Å². The van der Waals surface area contributed by atoms with Gasteiger partial charge in [-0.15, -0.1) is 11.3 Å². The van der Waals surface area contributed by atoms with Crippen LogP contribution in [0.3, 0.4) is 0 Å². The number of rotatable bonds is 11. The van der Waals surface area contributed by atoms with Crippen LogP contribution in [-0.2, 0) is 46.9 Å². The number of carbonyl (C=O) groups excluding carboxylic acids is 1. The van der Waals surface area contributed by atoms with Gasteiger partial charge in [0.05, 0.1) is 28.2 Å². The van der Waals surface area contributed by atoms with Crippen LogP contribution >= 0.6 is 11.3 Å². The van der Waals surface area contributed by atoms with E-state index in [4.69, 9.17) is 9.97 Å². The first-order valence-corrected chi connectivity index (χ1v) is 21.9. The second kappa shape index (κ2) is 15.0. The molecule has 0 bridgehead atoms. The monoisotopic (exact) mass is 913 g/mol. The van der Waals surface area contributed by atoms with Crippen LogP contribution in [0.4, 0.5) is 42.5 Å². The van der Waals surface area contributed by atoms with Crippen molar-refractivity contribution in [2.75, 3.05) is 30.0 Å². The maximum absolute atomic E-state index is 15.8. The van der Waals surface area contributed by atoms with Crippen LogP contribution in [0.2, 0.25) is 0 Å². The molecule has 63 heavy (non-hydrogen) atoms. The number of carbonyl (C=O) groups is 1. The Balaban J connectivity index is 1.21. The topological polar surface area (TPSA) is 166 Å². The molecule has 328 valence electrons. The minimum atomic E-state index is -5.08. The van der Waals surface area contributed by atoms with E-state index < -0.39 is 81.0 Å². The number of fused-ring (bicyclic) bond motifs is 5. The molecule has 0 unspecified atom stereocenters. The van der Waals surface area contributed by atoms with Gasteiger partial charge in [0.1, 0.15) is 28.9 Å². The normalized spacial score (nSPS) is 17.4. The van der Waals surface area contributed by atoms with Crippen molar-refractivity contribution in [1.29, 1.82) is 0 Å². The second-order valence-corrected chi connectivity index (χ2v) is 18.5. The fourth-order valence-electron chi connectivity index (χ4n) is 8.46. The summed E-state index contributed by atoms with van der Waals surface area (Å²) in [5.74, 6) is -8.63. The molecule has 0 saturated heterocycles. The van der Waals surface area contributed by atoms with E-state index in [1.54, 1.807) is 62.7 Å². The predicted octanol–water partition coefficient (Wildman–Crippen LogP) is 7.33. The zero-order valence-electron chi connectivity index (χ0n) is 33.5. The fourth-order valence-corrected chi connectivity index (χ4v) is 9.89. The summed E-state index contributed by atoms with van der Waals surface area (Å²) in [6, 6.07) is 7.98. The van der Waals surface area contributed by atoms with Gasteiger partial charge in [-0.2, -0.15) is 32.1 Å². The summed E-state index contributed by atoms with van der Waals surface area (Å²) in [6.07, 6.45) is -1.23. The summed E-state index contributed by atoms with van der Waals surface area (Å²) in [5, 5.41) is 11.4. The Morgan fingerprint density at radius 2 is 1.73 bits per heavy atom. The molecule has 1 amide bonds. The van der Waals surface area contributed by atoms with E-state index in [2.05, 4.69) is 30.2 Å². The lowest BCUT2D eigenvalue weighted by molar-refractivity contribution is -0.144. The fraction of sp³-hybridized carbons (Fsp3) is 0.325. The highest BCUT2D eigenvalue weighted by molar-refractivity contribution is 7.92. The van der Waals surface area contributed by atoms with Gasteiger partial charge < -0.3 is 10.2 Å². The minimum absolute atomic E-state index is 0.00101. The van der Waals surface area contributed by atoms with Gasteiger partial charge in [-0.25, -0.2) is 37.1 Å². The van der Waals surface area contributed by atoms with E-state index in [0.717, 1.165) is 18.4 Å². The molecule has 23 heteroatoms. The lowest BCUT2D eigenvalue weighted by Gasteiger charge is -2.34. The van der Waals surface area contributed by atoms with Crippen LogP contribution in [0.25, 0.3) is 42.9 Å². The van der Waals surface area contributed by atoms with Gasteiger partial charge >= 0.3 is 6.18 Å². The summed E-state index contributed by atoms with van der Waals surface area (Å²) < 4.78 is 133. The van der Waals surface area contributed by atoms with E-state index in [1.165, 1.54) is 16.0 Å². The van der Waals surface area contributed by atoms with Crippen molar-refractivity contribution in [3.8, 4) is 21.7 Å². The molecule has 7 aromatic rings. The molecule has 3 atom stereocenters. The van der Waals surface area contributed by atoms with Crippen molar-refractivity contribution >= 4 is 60.3 Å². The molecule has 2 aromatic carbocycles. The maximum atomic E-state index is 15.8. The third-order valence-electron chi connectivity index (χ3n) is 11.1. The van der Waals surface area contributed by atoms with Gasteiger partial charge in [-0.3, -0.25) is 18.9 Å². The predicted molar refractivity (Wildman–Crippen MR) is 218 cm³/mol. The van der Waals surface area contributed by atoms with Crippen LogP contribution in [0.1, 0.15) is 53.0 Å². The number of alkyl halides is 5. The molecule has 0 radical (unpaired) electrons. The van der Waals surface area contributed by atoms with Crippen LogP contribution in [0.5, 0.6) is 0 Å². The largest absolute Gasteiger partial charge is 0.435 e. The number of hydrogen-bond donors (Lipinski definition) is 2. The number of benzene rings is 2. The highest BCUT2D eigenvalue weighted by atomic mass is 32.2. The molecule has 2 aliphatic rings. The molecular formula is C40H34F7N11O3S2. The van der Waals surface area contributed by atoms with Crippen molar-refractivity contribution in [1.82, 2.24) is 44.8 Å². The molecule has 9 rings (SSSR count). The summed E-state index contributed by atoms with van der Waals surface area (Å²) in [7, 11) is 1.32. The molecule has 0 spiro atoms. The highest BCUT2D eigenvalue weighted by Gasteiger charge is 2.63. The van der Waals surface area contributed by atoms with Crippen LogP contribution in [0.15, 0.2) is 54.9 Å². The van der Waals surface area contributed by atoms with Crippen LogP contribution < -0.4 is 14.9 Å². The number of aryl methyl sites for hydroxylation is 1. The summed E-state index contributed by atoms with van der Waals surface area (Å²) in [5.41, 5.74) is -1.19. The Morgan fingerprint density at radius 1 is 1.02 bits per heavy atom. The number of thiazole rings is 1. The van der Waals surface area contributed by atoms with E-state index >= 15 is 8.78 Å². The number of aromatic nitrogens is 8. The van der Waals surface area contributed by atoms with Crippen molar-refractivity contribution in [2.45, 2.75) is 49.9 Å². The lowest BCUT2D eigenvalue weighted by atomic mass is 9.73. The number of para-hydroxylation sites is 1. The zero-order chi connectivity index (χ0) is 44.9. The van der Waals surface area contributed by atoms with Crippen LogP contribution in [-0.4, -0.2) is 74.2 Å². The van der Waals surface area contributed by atoms with E-state index in [0.29, 0.717) is 54.0 Å². The Kier molecular flexibility index (Phi) is 9.99. The number of halogens is 7. The zero-order valence-corrected chi connectivity index (χ0v) is 35.1. The van der Waals surface area contributed by atoms with Crippen molar-refractivity contribution < 1.29 is 43.9 Å². The van der Waals surface area contributed by atoms with E-state index in [1.807, 2.05) is 0 Å². The van der Waals surface area contributed by atoms with Gasteiger partial charge in [0.25, 0.3) is 5.92 Å². The Bertz CT molecular complexity index is 3070. The van der Waals surface area contributed by atoms with Gasteiger partial charge in [-0.1, -0.05) is 12.1 Å². The van der Waals surface area contributed by atoms with Crippen LogP contribution in [0, 0.1) is 17.6 Å². The minimum Gasteiger partial charge on any atom is -0.347 e. The number of hydrogen-bond acceptors (Lipinski definition) is 11. The summed E-state index contributed by atoms with van der Waals surface area (Å²) >= 11 is 1.22. The molecule has 2 N–H and O–H groups in total. The number of pyridine rings is 1. The molecule has 5 aromatic heterocycles. The van der Waals surface area contributed by atoms with Crippen molar-refractivity contribution in [3.63, 3.8) is 0 Å². The lowest BCUT2D eigenvalue weighted by Crippen LogP contribution is -2.36. The van der Waals surface area contributed by atoms with Gasteiger partial charge in [0.2, 0.25) is 21.9 Å². The molecule has 1 saturated carbocycles. The first kappa shape index (κ1) is 42.1. The molecule has 2 aliphatic carbocycles. The third kappa shape index (κ3) is 7.59. The SMILES string of the molecule is CN(C)c1ncc(-c2nc3nc([C@H](Cc4cc(F)cc(F)c4)NC(=O)Cn4nc(C(F)(F)F)c5c4C(F)(F)[C@@H]4CC[C@H]54)c(-c4cccc5c(NS(C)(=O)=O)nn(C)c45)cc3s2)cn1. The number of anilines is 2. The van der Waals surface area contributed by atoms with Crippen molar-refractivity contribution in [3.05, 3.63) is 94.7 Å². The maximum Gasteiger partial charge on any atom is 0.435 e. The Hall–Kier alpha value is -6.23. The summed E-state index contributed by atoms with van der Waals surface area (Å²) in [4.78, 5) is 34.2. The van der Waals surface area contributed by atoms with E-state index in [9.17, 15) is 35.2 Å². The quantitative estimate of drug-likeness (QED) is 0.126. The second-order valence-electron chi connectivity index (χ2n) is 15.8. The highest BCUT2D eigenvalue weighted by Crippen LogP contribution is 2.64. The third-order valence-corrected chi connectivity index (χ3v) is 12.7. The first-order valence-electron chi connectivity index (χ1n) is 19.2. The van der Waals surface area contributed by atoms with Gasteiger partial charge in [-0.05, 0) is 55.0 Å². The standard InChI is InChI=1S/C40H34F7N11O3S2/c1-56(2)38-48-15-19(16-49-38)37-52-36-28(62-37)14-25(22-6-5-7-24-32(22)57(3)54-35(24)55-63(4,60)61)31(51-36)27(12-18-10-20(41)13-21(42)11-18)50-29(59)17-58-34-30(33(53-58)40(45,46)47)23-8-9-26(23)39(34,43)44/h5-7,10-11,13-16,23,26-27H,8-9,12,17H2,1-4H3,(H,50,59)(H,54,55)/t23-,26+,27-/m0/s1. The average molecular weight is 914 g/mol. The average Bonchev–Trinajstić information content (AvgIpc) is 3.88. The number of amides is 1. The van der Waals surface area contributed by atoms with Gasteiger partial charge in [0, 0.05) is 73.2 Å². The first-order chi connectivity index (χ1) is 29.7. The van der Waals surface area contributed by atoms with Gasteiger partial charge in [0.15, 0.2) is 17.2 Å². The molecule has 5 heterocycles. The smallest absolute Gasteiger partial charge is 0.347 e.